The van der Waals surface area contributed by atoms with E-state index in [1.165, 1.54) is 0 Å². The molecule has 0 aliphatic rings. The minimum absolute atomic E-state index is 0.168. The van der Waals surface area contributed by atoms with Crippen molar-refractivity contribution in [3.05, 3.63) is 21.3 Å². The van der Waals surface area contributed by atoms with Crippen LogP contribution in [0.3, 0.4) is 0 Å². The van der Waals surface area contributed by atoms with Crippen LogP contribution in [0.2, 0.25) is 5.02 Å². The number of nitrogens with two attached hydrogens (primary N) is 1. The maximum absolute atomic E-state index is 6.06. The van der Waals surface area contributed by atoms with Gasteiger partial charge < -0.3 is 0 Å². The van der Waals surface area contributed by atoms with Gasteiger partial charge in [-0.25, -0.2) is 0 Å². The smallest absolute Gasteiger partial charge is 0.0658 e. The van der Waals surface area contributed by atoms with Gasteiger partial charge in [-0.05, 0) is 23.1 Å². The van der Waals surface area contributed by atoms with Crippen LogP contribution in [0.15, 0.2) is 11.4 Å². The summed E-state index contributed by atoms with van der Waals surface area (Å²) in [6, 6.07) is 2.08. The molecule has 1 atom stereocenters. The predicted octanol–water partition coefficient (Wildman–Crippen LogP) is 3.30. The summed E-state index contributed by atoms with van der Waals surface area (Å²) in [5, 5.41) is 2.81. The number of hydrazine groups is 1. The highest BCUT2D eigenvalue weighted by atomic mass is 35.5. The normalized spacial score (nSPS) is 13.4. The van der Waals surface area contributed by atoms with Gasteiger partial charge >= 0.3 is 0 Å². The SMILES string of the molecule is CC(C)CSCC(NN)c1sccc1Cl. The van der Waals surface area contributed by atoms with Gasteiger partial charge in [0.1, 0.15) is 0 Å². The zero-order chi connectivity index (χ0) is 11.3. The molecule has 0 radical (unpaired) electrons. The Hall–Kier alpha value is 0.260. The zero-order valence-corrected chi connectivity index (χ0v) is 11.4. The Kier molecular flexibility index (Phi) is 6.00. The summed E-state index contributed by atoms with van der Waals surface area (Å²) in [5.41, 5.74) is 2.82. The molecule has 0 amide bonds. The van der Waals surface area contributed by atoms with E-state index in [0.717, 1.165) is 21.4 Å². The standard InChI is InChI=1S/C10H17ClN2S2/c1-7(2)5-14-6-9(13-12)10-8(11)3-4-15-10/h3-4,7,9,13H,5-6,12H2,1-2H3. The molecule has 0 bridgehead atoms. The molecule has 0 aliphatic heterocycles. The summed E-state index contributed by atoms with van der Waals surface area (Å²) in [5.74, 6) is 8.37. The highest BCUT2D eigenvalue weighted by Crippen LogP contribution is 2.30. The molecule has 86 valence electrons. The van der Waals surface area contributed by atoms with Gasteiger partial charge in [-0.1, -0.05) is 25.4 Å². The second-order valence-corrected chi connectivity index (χ2v) is 6.21. The van der Waals surface area contributed by atoms with Crippen molar-refractivity contribution in [1.82, 2.24) is 5.43 Å². The van der Waals surface area contributed by atoms with Crippen molar-refractivity contribution in [1.29, 1.82) is 0 Å². The summed E-state index contributed by atoms with van der Waals surface area (Å²) in [4.78, 5) is 1.13. The second kappa shape index (κ2) is 6.76. The van der Waals surface area contributed by atoms with E-state index in [1.54, 1.807) is 11.3 Å². The number of hydrogen-bond donors (Lipinski definition) is 2. The molecular formula is C10H17ClN2S2. The van der Waals surface area contributed by atoms with Crippen LogP contribution in [0.4, 0.5) is 0 Å². The molecule has 1 heterocycles. The first-order valence-electron chi connectivity index (χ1n) is 4.92. The van der Waals surface area contributed by atoms with E-state index in [1.807, 2.05) is 23.2 Å². The third-order valence-corrected chi connectivity index (χ3v) is 4.84. The monoisotopic (exact) mass is 264 g/mol. The maximum Gasteiger partial charge on any atom is 0.0658 e. The molecule has 3 N–H and O–H groups in total. The predicted molar refractivity (Wildman–Crippen MR) is 71.6 cm³/mol. The van der Waals surface area contributed by atoms with E-state index < -0.39 is 0 Å². The van der Waals surface area contributed by atoms with Gasteiger partial charge in [-0.3, -0.25) is 11.3 Å². The van der Waals surface area contributed by atoms with E-state index in [-0.39, 0.29) is 6.04 Å². The molecule has 15 heavy (non-hydrogen) atoms. The quantitative estimate of drug-likeness (QED) is 0.612. The van der Waals surface area contributed by atoms with Crippen molar-refractivity contribution in [2.24, 2.45) is 11.8 Å². The van der Waals surface area contributed by atoms with E-state index in [2.05, 4.69) is 19.3 Å². The van der Waals surface area contributed by atoms with E-state index >= 15 is 0 Å². The van der Waals surface area contributed by atoms with Crippen LogP contribution in [0, 0.1) is 5.92 Å². The summed E-state index contributed by atoms with van der Waals surface area (Å²) >= 11 is 9.62. The number of rotatable bonds is 6. The minimum atomic E-state index is 0.168. The van der Waals surface area contributed by atoms with Gasteiger partial charge in [0.25, 0.3) is 0 Å². The van der Waals surface area contributed by atoms with Crippen molar-refractivity contribution in [3.8, 4) is 0 Å². The minimum Gasteiger partial charge on any atom is -0.271 e. The van der Waals surface area contributed by atoms with Crippen LogP contribution in [-0.4, -0.2) is 11.5 Å². The summed E-state index contributed by atoms with van der Waals surface area (Å²) in [7, 11) is 0. The van der Waals surface area contributed by atoms with Crippen molar-refractivity contribution >= 4 is 34.7 Å². The lowest BCUT2D eigenvalue weighted by molar-refractivity contribution is 0.619. The van der Waals surface area contributed by atoms with Crippen molar-refractivity contribution in [3.63, 3.8) is 0 Å². The third kappa shape index (κ3) is 4.33. The molecule has 0 aromatic carbocycles. The third-order valence-electron chi connectivity index (χ3n) is 1.90. The van der Waals surface area contributed by atoms with Gasteiger partial charge in [0, 0.05) is 10.6 Å². The van der Waals surface area contributed by atoms with E-state index in [4.69, 9.17) is 17.4 Å². The lowest BCUT2D eigenvalue weighted by atomic mass is 10.3. The van der Waals surface area contributed by atoms with Crippen LogP contribution < -0.4 is 11.3 Å². The fourth-order valence-electron chi connectivity index (χ4n) is 1.18. The fourth-order valence-corrected chi connectivity index (χ4v) is 3.64. The van der Waals surface area contributed by atoms with Gasteiger partial charge in [0.2, 0.25) is 0 Å². The number of thiophene rings is 1. The number of nitrogens with one attached hydrogen (secondary N) is 1. The van der Waals surface area contributed by atoms with Crippen LogP contribution >= 0.6 is 34.7 Å². The lowest BCUT2D eigenvalue weighted by Gasteiger charge is -2.15. The maximum atomic E-state index is 6.06. The Bertz CT molecular complexity index is 289. The molecule has 0 aliphatic carbocycles. The molecule has 1 aromatic rings. The molecule has 1 unspecified atom stereocenters. The van der Waals surface area contributed by atoms with Crippen LogP contribution in [0.1, 0.15) is 24.8 Å². The molecular weight excluding hydrogens is 248 g/mol. The highest BCUT2D eigenvalue weighted by molar-refractivity contribution is 7.99. The van der Waals surface area contributed by atoms with E-state index in [9.17, 15) is 0 Å². The summed E-state index contributed by atoms with van der Waals surface area (Å²) in [6.07, 6.45) is 0. The molecule has 1 rings (SSSR count). The molecule has 1 aromatic heterocycles. The van der Waals surface area contributed by atoms with Gasteiger partial charge in [0.15, 0.2) is 0 Å². The Morgan fingerprint density at radius 2 is 2.27 bits per heavy atom. The largest absolute Gasteiger partial charge is 0.271 e. The molecule has 0 spiro atoms. The summed E-state index contributed by atoms with van der Waals surface area (Å²) < 4.78 is 0. The Morgan fingerprint density at radius 1 is 1.53 bits per heavy atom. The molecule has 0 saturated heterocycles. The van der Waals surface area contributed by atoms with Gasteiger partial charge in [0.05, 0.1) is 11.1 Å². The lowest BCUT2D eigenvalue weighted by Crippen LogP contribution is -2.29. The molecule has 2 nitrogen and oxygen atoms in total. The first kappa shape index (κ1) is 13.3. The Balaban J connectivity index is 2.46. The Morgan fingerprint density at radius 3 is 2.73 bits per heavy atom. The first-order valence-corrected chi connectivity index (χ1v) is 7.33. The average molecular weight is 265 g/mol. The van der Waals surface area contributed by atoms with Crippen molar-refractivity contribution in [2.75, 3.05) is 11.5 Å². The Labute approximate surface area is 105 Å². The van der Waals surface area contributed by atoms with Crippen molar-refractivity contribution in [2.45, 2.75) is 19.9 Å². The number of halogens is 1. The van der Waals surface area contributed by atoms with Crippen LogP contribution in [0.5, 0.6) is 0 Å². The fraction of sp³-hybridized carbons (Fsp3) is 0.600. The summed E-state index contributed by atoms with van der Waals surface area (Å²) in [6.45, 7) is 4.44. The molecule has 0 saturated carbocycles. The highest BCUT2D eigenvalue weighted by Gasteiger charge is 2.14. The van der Waals surface area contributed by atoms with Crippen molar-refractivity contribution < 1.29 is 0 Å². The number of hydrogen-bond acceptors (Lipinski definition) is 4. The van der Waals surface area contributed by atoms with Crippen LogP contribution in [-0.2, 0) is 0 Å². The molecule has 0 fully saturated rings. The topological polar surface area (TPSA) is 38.0 Å². The second-order valence-electron chi connectivity index (χ2n) is 3.78. The molecule has 5 heteroatoms. The van der Waals surface area contributed by atoms with Gasteiger partial charge in [-0.15, -0.1) is 11.3 Å². The zero-order valence-electron chi connectivity index (χ0n) is 9.00. The average Bonchev–Trinajstić information content (AvgIpc) is 2.59. The van der Waals surface area contributed by atoms with Crippen LogP contribution in [0.25, 0.3) is 0 Å². The first-order chi connectivity index (χ1) is 7.15. The number of thioether (sulfide) groups is 1. The van der Waals surface area contributed by atoms with Gasteiger partial charge in [-0.2, -0.15) is 11.8 Å². The van der Waals surface area contributed by atoms with E-state index in [0.29, 0.717) is 5.92 Å².